The van der Waals surface area contributed by atoms with Gasteiger partial charge in [0.1, 0.15) is 17.3 Å². The Labute approximate surface area is 139 Å². The molecule has 1 heterocycles. The van der Waals surface area contributed by atoms with Crippen molar-refractivity contribution in [2.24, 2.45) is 0 Å². The van der Waals surface area contributed by atoms with Crippen LogP contribution in [0.1, 0.15) is 18.0 Å². The van der Waals surface area contributed by atoms with Gasteiger partial charge in [0, 0.05) is 18.1 Å². The molecule has 6 heteroatoms. The van der Waals surface area contributed by atoms with Crippen LogP contribution in [0.15, 0.2) is 42.5 Å². The molecule has 1 aliphatic rings. The maximum absolute atomic E-state index is 13.2. The summed E-state index contributed by atoms with van der Waals surface area (Å²) in [6.07, 6.45) is 0.725. The average molecular weight is 330 g/mol. The van der Waals surface area contributed by atoms with Crippen LogP contribution in [0.2, 0.25) is 0 Å². The highest BCUT2D eigenvalue weighted by atomic mass is 19.1. The Morgan fingerprint density at radius 1 is 1.33 bits per heavy atom. The Balaban J connectivity index is 1.61. The maximum Gasteiger partial charge on any atom is 0.239 e. The number of halogens is 1. The SMILES string of the molecule is COc1cc(F)ccc1NCC(=O)NC1CCOc2ccccc21. The number of carbonyl (C=O) groups excluding carboxylic acids is 1. The number of hydrogen-bond acceptors (Lipinski definition) is 4. The normalized spacial score (nSPS) is 15.8. The van der Waals surface area contributed by atoms with Gasteiger partial charge in [0.05, 0.1) is 32.0 Å². The standard InChI is InChI=1S/C18H19FN2O3/c1-23-17-10-12(19)6-7-15(17)20-11-18(22)21-14-8-9-24-16-5-3-2-4-13(14)16/h2-7,10,14,20H,8-9,11H2,1H3,(H,21,22). The number of ether oxygens (including phenoxy) is 2. The smallest absolute Gasteiger partial charge is 0.239 e. The highest BCUT2D eigenvalue weighted by Crippen LogP contribution is 2.31. The first kappa shape index (κ1) is 16.1. The van der Waals surface area contributed by atoms with Gasteiger partial charge in [-0.2, -0.15) is 0 Å². The van der Waals surface area contributed by atoms with E-state index in [9.17, 15) is 9.18 Å². The number of hydrogen-bond donors (Lipinski definition) is 2. The molecular weight excluding hydrogens is 311 g/mol. The second-order valence-corrected chi connectivity index (χ2v) is 5.49. The molecule has 0 bridgehead atoms. The third kappa shape index (κ3) is 3.59. The quantitative estimate of drug-likeness (QED) is 0.885. The van der Waals surface area contributed by atoms with E-state index in [2.05, 4.69) is 10.6 Å². The zero-order valence-electron chi connectivity index (χ0n) is 13.3. The summed E-state index contributed by atoms with van der Waals surface area (Å²) >= 11 is 0. The van der Waals surface area contributed by atoms with Crippen molar-refractivity contribution in [3.05, 3.63) is 53.8 Å². The number of para-hydroxylation sites is 1. The largest absolute Gasteiger partial charge is 0.494 e. The van der Waals surface area contributed by atoms with Crippen LogP contribution >= 0.6 is 0 Å². The second kappa shape index (κ2) is 7.21. The topological polar surface area (TPSA) is 59.6 Å². The van der Waals surface area contributed by atoms with Gasteiger partial charge in [-0.25, -0.2) is 4.39 Å². The molecule has 0 saturated carbocycles. The van der Waals surface area contributed by atoms with Gasteiger partial charge in [-0.15, -0.1) is 0 Å². The van der Waals surface area contributed by atoms with E-state index in [1.54, 1.807) is 6.07 Å². The number of methoxy groups -OCH3 is 1. The first-order valence-corrected chi connectivity index (χ1v) is 7.76. The molecule has 0 fully saturated rings. The summed E-state index contributed by atoms with van der Waals surface area (Å²) in [5.41, 5.74) is 1.55. The van der Waals surface area contributed by atoms with Gasteiger partial charge in [0.2, 0.25) is 5.91 Å². The van der Waals surface area contributed by atoms with E-state index in [1.165, 1.54) is 19.2 Å². The van der Waals surface area contributed by atoms with E-state index < -0.39 is 0 Å². The molecule has 3 rings (SSSR count). The molecule has 0 spiro atoms. The summed E-state index contributed by atoms with van der Waals surface area (Å²) in [5, 5.41) is 5.97. The Bertz CT molecular complexity index is 736. The summed E-state index contributed by atoms with van der Waals surface area (Å²) in [5.74, 6) is 0.630. The van der Waals surface area contributed by atoms with Crippen LogP contribution in [0.4, 0.5) is 10.1 Å². The molecule has 24 heavy (non-hydrogen) atoms. The highest BCUT2D eigenvalue weighted by Gasteiger charge is 2.22. The predicted octanol–water partition coefficient (Wildman–Crippen LogP) is 2.89. The van der Waals surface area contributed by atoms with Crippen LogP contribution in [0.3, 0.4) is 0 Å². The van der Waals surface area contributed by atoms with Gasteiger partial charge in [0.15, 0.2) is 0 Å². The molecule has 1 aliphatic heterocycles. The Morgan fingerprint density at radius 2 is 2.17 bits per heavy atom. The minimum absolute atomic E-state index is 0.0700. The molecule has 2 aromatic carbocycles. The molecule has 0 radical (unpaired) electrons. The Kier molecular flexibility index (Phi) is 4.84. The fourth-order valence-electron chi connectivity index (χ4n) is 2.72. The number of anilines is 1. The molecule has 126 valence electrons. The summed E-state index contributed by atoms with van der Waals surface area (Å²) < 4.78 is 23.9. The van der Waals surface area contributed by atoms with Gasteiger partial charge in [-0.05, 0) is 18.2 Å². The zero-order valence-corrected chi connectivity index (χ0v) is 13.3. The van der Waals surface area contributed by atoms with Gasteiger partial charge >= 0.3 is 0 Å². The van der Waals surface area contributed by atoms with Crippen molar-refractivity contribution in [1.29, 1.82) is 0 Å². The van der Waals surface area contributed by atoms with E-state index in [1.807, 2.05) is 24.3 Å². The highest BCUT2D eigenvalue weighted by molar-refractivity contribution is 5.81. The lowest BCUT2D eigenvalue weighted by atomic mass is 10.0. The molecule has 2 N–H and O–H groups in total. The van der Waals surface area contributed by atoms with Crippen molar-refractivity contribution in [2.45, 2.75) is 12.5 Å². The third-order valence-corrected chi connectivity index (χ3v) is 3.90. The van der Waals surface area contributed by atoms with Gasteiger partial charge in [0.25, 0.3) is 0 Å². The van der Waals surface area contributed by atoms with Gasteiger partial charge < -0.3 is 20.1 Å². The van der Waals surface area contributed by atoms with Crippen molar-refractivity contribution in [3.63, 3.8) is 0 Å². The summed E-state index contributed by atoms with van der Waals surface area (Å²) in [4.78, 5) is 12.2. The van der Waals surface area contributed by atoms with E-state index >= 15 is 0 Å². The number of carbonyl (C=O) groups is 1. The van der Waals surface area contributed by atoms with Crippen molar-refractivity contribution in [3.8, 4) is 11.5 Å². The lowest BCUT2D eigenvalue weighted by molar-refractivity contribution is -0.120. The van der Waals surface area contributed by atoms with Crippen molar-refractivity contribution in [1.82, 2.24) is 5.32 Å². The molecule has 5 nitrogen and oxygen atoms in total. The summed E-state index contributed by atoms with van der Waals surface area (Å²) in [6, 6.07) is 11.8. The van der Waals surface area contributed by atoms with Crippen LogP contribution in [0, 0.1) is 5.82 Å². The maximum atomic E-state index is 13.2. The number of amides is 1. The molecule has 0 aromatic heterocycles. The van der Waals surface area contributed by atoms with Gasteiger partial charge in [-0.1, -0.05) is 18.2 Å². The van der Waals surface area contributed by atoms with E-state index in [-0.39, 0.29) is 24.3 Å². The van der Waals surface area contributed by atoms with Crippen molar-refractivity contribution < 1.29 is 18.7 Å². The van der Waals surface area contributed by atoms with Gasteiger partial charge in [-0.3, -0.25) is 4.79 Å². The van der Waals surface area contributed by atoms with Crippen molar-refractivity contribution in [2.75, 3.05) is 25.6 Å². The molecule has 1 amide bonds. The van der Waals surface area contributed by atoms with E-state index in [0.717, 1.165) is 17.7 Å². The second-order valence-electron chi connectivity index (χ2n) is 5.49. The molecule has 1 unspecified atom stereocenters. The molecule has 1 atom stereocenters. The first-order chi connectivity index (χ1) is 11.7. The zero-order chi connectivity index (χ0) is 16.9. The van der Waals surface area contributed by atoms with Crippen molar-refractivity contribution >= 4 is 11.6 Å². The number of nitrogens with one attached hydrogen (secondary N) is 2. The van der Waals surface area contributed by atoms with Crippen LogP contribution in [0.5, 0.6) is 11.5 Å². The third-order valence-electron chi connectivity index (χ3n) is 3.90. The molecule has 0 aliphatic carbocycles. The molecule has 0 saturated heterocycles. The monoisotopic (exact) mass is 330 g/mol. The number of fused-ring (bicyclic) bond motifs is 1. The Hall–Kier alpha value is -2.76. The Morgan fingerprint density at radius 3 is 3.00 bits per heavy atom. The van der Waals surface area contributed by atoms with Crippen LogP contribution < -0.4 is 20.1 Å². The summed E-state index contributed by atoms with van der Waals surface area (Å²) in [7, 11) is 1.46. The van der Waals surface area contributed by atoms with Crippen LogP contribution in [0.25, 0.3) is 0 Å². The predicted molar refractivity (Wildman–Crippen MR) is 88.9 cm³/mol. The number of rotatable bonds is 5. The van der Waals surface area contributed by atoms with Crippen LogP contribution in [-0.4, -0.2) is 26.2 Å². The fraction of sp³-hybridized carbons (Fsp3) is 0.278. The minimum Gasteiger partial charge on any atom is -0.494 e. The average Bonchev–Trinajstić information content (AvgIpc) is 2.61. The minimum atomic E-state index is -0.388. The van der Waals surface area contributed by atoms with Crippen LogP contribution in [-0.2, 0) is 4.79 Å². The first-order valence-electron chi connectivity index (χ1n) is 7.76. The molecule has 2 aromatic rings. The molecular formula is C18H19FN2O3. The lowest BCUT2D eigenvalue weighted by Crippen LogP contribution is -2.35. The summed E-state index contributed by atoms with van der Waals surface area (Å²) in [6.45, 7) is 0.642. The number of benzene rings is 2. The van der Waals surface area contributed by atoms with E-state index in [0.29, 0.717) is 18.0 Å². The lowest BCUT2D eigenvalue weighted by Gasteiger charge is -2.26. The van der Waals surface area contributed by atoms with E-state index in [4.69, 9.17) is 9.47 Å². The fourth-order valence-corrected chi connectivity index (χ4v) is 2.72.